The second-order valence-electron chi connectivity index (χ2n) is 5.40. The van der Waals surface area contributed by atoms with Crippen LogP contribution in [0.3, 0.4) is 0 Å². The molecule has 0 spiro atoms. The number of rotatable bonds is 6. The summed E-state index contributed by atoms with van der Waals surface area (Å²) in [6, 6.07) is 11.5. The molecule has 2 N–H and O–H groups in total. The van der Waals surface area contributed by atoms with E-state index in [2.05, 4.69) is 10.6 Å². The number of fused-ring (bicyclic) bond motifs is 1. The summed E-state index contributed by atoms with van der Waals surface area (Å²) in [6.45, 7) is 0.138. The Morgan fingerprint density at radius 2 is 1.50 bits per heavy atom. The van der Waals surface area contributed by atoms with Crippen LogP contribution in [0.2, 0.25) is 5.02 Å². The van der Waals surface area contributed by atoms with E-state index in [1.807, 2.05) is 0 Å². The van der Waals surface area contributed by atoms with E-state index >= 15 is 0 Å². The van der Waals surface area contributed by atoms with Crippen molar-refractivity contribution in [1.29, 1.82) is 0 Å². The molecule has 1 aliphatic heterocycles. The number of amides is 2. The van der Waals surface area contributed by atoms with Crippen molar-refractivity contribution in [3.8, 4) is 11.5 Å². The standard InChI is InChI=1S/C17H15ClN2O5S/c18-11-1-3-12(4-2-11)19-16(21)8-26(23)9-17(22)20-13-5-6-14-15(7-13)25-10-24-14/h1-7H,8-10H2,(H,19,21)(H,20,22). The van der Waals surface area contributed by atoms with E-state index in [0.717, 1.165) is 0 Å². The molecule has 3 rings (SSSR count). The molecule has 0 aromatic heterocycles. The number of benzene rings is 2. The minimum atomic E-state index is -1.64. The molecule has 26 heavy (non-hydrogen) atoms. The van der Waals surface area contributed by atoms with Crippen LogP contribution in [0.4, 0.5) is 11.4 Å². The van der Waals surface area contributed by atoms with E-state index in [-0.39, 0.29) is 18.3 Å². The van der Waals surface area contributed by atoms with Crippen molar-refractivity contribution >= 4 is 45.6 Å². The SMILES string of the molecule is O=C(CS(=O)CC(=O)Nc1ccc2c(c1)OCO2)Nc1ccc(Cl)cc1. The monoisotopic (exact) mass is 394 g/mol. The van der Waals surface area contributed by atoms with E-state index in [9.17, 15) is 13.8 Å². The van der Waals surface area contributed by atoms with Crippen LogP contribution in [0.1, 0.15) is 0 Å². The lowest BCUT2D eigenvalue weighted by Crippen LogP contribution is -2.26. The lowest BCUT2D eigenvalue weighted by atomic mass is 10.3. The zero-order chi connectivity index (χ0) is 18.5. The lowest BCUT2D eigenvalue weighted by Gasteiger charge is -2.07. The Kier molecular flexibility index (Phi) is 5.75. The van der Waals surface area contributed by atoms with Gasteiger partial charge in [0.25, 0.3) is 0 Å². The molecule has 2 aromatic carbocycles. The molecular weight excluding hydrogens is 380 g/mol. The summed E-state index contributed by atoms with van der Waals surface area (Å²) in [5, 5.41) is 5.76. The quantitative estimate of drug-likeness (QED) is 0.784. The molecule has 9 heteroatoms. The third kappa shape index (κ3) is 4.96. The van der Waals surface area contributed by atoms with Gasteiger partial charge in [0.2, 0.25) is 18.6 Å². The summed E-state index contributed by atoms with van der Waals surface area (Å²) in [5.74, 6) is -0.334. The maximum Gasteiger partial charge on any atom is 0.237 e. The van der Waals surface area contributed by atoms with Crippen molar-refractivity contribution in [2.45, 2.75) is 0 Å². The third-order valence-electron chi connectivity index (χ3n) is 3.37. The highest BCUT2D eigenvalue weighted by atomic mass is 35.5. The average molecular weight is 395 g/mol. The fraction of sp³-hybridized carbons (Fsp3) is 0.176. The van der Waals surface area contributed by atoms with Crippen LogP contribution in [0.25, 0.3) is 0 Å². The van der Waals surface area contributed by atoms with Crippen molar-refractivity contribution in [3.63, 3.8) is 0 Å². The van der Waals surface area contributed by atoms with Gasteiger partial charge in [-0.3, -0.25) is 13.8 Å². The Labute approximate surface area is 157 Å². The normalized spacial score (nSPS) is 13.1. The molecule has 2 amide bonds. The van der Waals surface area contributed by atoms with Crippen LogP contribution in [0, 0.1) is 0 Å². The molecule has 2 aromatic rings. The molecule has 0 bridgehead atoms. The van der Waals surface area contributed by atoms with Crippen LogP contribution < -0.4 is 20.1 Å². The summed E-state index contributed by atoms with van der Waals surface area (Å²) < 4.78 is 22.4. The number of ether oxygens (including phenoxy) is 2. The van der Waals surface area contributed by atoms with Crippen LogP contribution in [-0.2, 0) is 20.4 Å². The first-order valence-corrected chi connectivity index (χ1v) is 9.46. The third-order valence-corrected chi connectivity index (χ3v) is 4.79. The van der Waals surface area contributed by atoms with Gasteiger partial charge in [-0.05, 0) is 36.4 Å². The number of carbonyl (C=O) groups is 2. The van der Waals surface area contributed by atoms with Gasteiger partial charge in [0.15, 0.2) is 11.5 Å². The molecule has 0 aliphatic carbocycles. The van der Waals surface area contributed by atoms with Crippen molar-refractivity contribution in [2.75, 3.05) is 28.9 Å². The van der Waals surface area contributed by atoms with Gasteiger partial charge >= 0.3 is 0 Å². The number of carbonyl (C=O) groups excluding carboxylic acids is 2. The Balaban J connectivity index is 1.47. The van der Waals surface area contributed by atoms with E-state index in [1.165, 1.54) is 0 Å². The van der Waals surface area contributed by atoms with Gasteiger partial charge < -0.3 is 20.1 Å². The molecule has 1 atom stereocenters. The van der Waals surface area contributed by atoms with Crippen LogP contribution in [-0.4, -0.2) is 34.3 Å². The number of nitrogens with one attached hydrogen (secondary N) is 2. The van der Waals surface area contributed by atoms with Gasteiger partial charge in [-0.1, -0.05) is 11.6 Å². The second kappa shape index (κ2) is 8.20. The Hall–Kier alpha value is -2.58. The summed E-state index contributed by atoms with van der Waals surface area (Å²) >= 11 is 5.77. The fourth-order valence-electron chi connectivity index (χ4n) is 2.25. The molecule has 7 nitrogen and oxygen atoms in total. The van der Waals surface area contributed by atoms with Crippen molar-refractivity contribution in [1.82, 2.24) is 0 Å². The van der Waals surface area contributed by atoms with Crippen molar-refractivity contribution < 1.29 is 23.3 Å². The van der Waals surface area contributed by atoms with Crippen molar-refractivity contribution in [3.05, 3.63) is 47.5 Å². The second-order valence-corrected chi connectivity index (χ2v) is 7.29. The van der Waals surface area contributed by atoms with E-state index < -0.39 is 22.6 Å². The zero-order valence-electron chi connectivity index (χ0n) is 13.5. The lowest BCUT2D eigenvalue weighted by molar-refractivity contribution is -0.114. The van der Waals surface area contributed by atoms with E-state index in [1.54, 1.807) is 42.5 Å². The number of hydrogen-bond acceptors (Lipinski definition) is 5. The largest absolute Gasteiger partial charge is 0.454 e. The molecule has 0 fully saturated rings. The molecule has 0 radical (unpaired) electrons. The zero-order valence-corrected chi connectivity index (χ0v) is 15.1. The Morgan fingerprint density at radius 1 is 0.923 bits per heavy atom. The molecule has 1 aliphatic rings. The highest BCUT2D eigenvalue weighted by Crippen LogP contribution is 2.34. The topological polar surface area (TPSA) is 93.7 Å². The summed E-state index contributed by atoms with van der Waals surface area (Å²) in [7, 11) is -1.64. The van der Waals surface area contributed by atoms with E-state index in [4.69, 9.17) is 21.1 Å². The highest BCUT2D eigenvalue weighted by molar-refractivity contribution is 7.86. The van der Waals surface area contributed by atoms with Gasteiger partial charge in [0.1, 0.15) is 11.5 Å². The predicted molar refractivity (Wildman–Crippen MR) is 99.2 cm³/mol. The number of anilines is 2. The fourth-order valence-corrected chi connectivity index (χ4v) is 3.20. The number of halogens is 1. The van der Waals surface area contributed by atoms with Gasteiger partial charge in [-0.15, -0.1) is 0 Å². The molecule has 136 valence electrons. The smallest absolute Gasteiger partial charge is 0.237 e. The Bertz CT molecular complexity index is 857. The predicted octanol–water partition coefficient (Wildman–Crippen LogP) is 2.39. The van der Waals surface area contributed by atoms with Gasteiger partial charge in [0, 0.05) is 33.3 Å². The van der Waals surface area contributed by atoms with Crippen molar-refractivity contribution in [2.24, 2.45) is 0 Å². The van der Waals surface area contributed by atoms with Crippen LogP contribution in [0.15, 0.2) is 42.5 Å². The first-order valence-electron chi connectivity index (χ1n) is 7.59. The first-order chi connectivity index (χ1) is 12.5. The van der Waals surface area contributed by atoms with Gasteiger partial charge in [-0.25, -0.2) is 0 Å². The maximum atomic E-state index is 12.0. The first kappa shape index (κ1) is 18.2. The minimum Gasteiger partial charge on any atom is -0.454 e. The minimum absolute atomic E-state index is 0.138. The van der Waals surface area contributed by atoms with Crippen LogP contribution in [0.5, 0.6) is 11.5 Å². The average Bonchev–Trinajstić information content (AvgIpc) is 3.04. The summed E-state index contributed by atoms with van der Waals surface area (Å²) in [5.41, 5.74) is 1.04. The molecule has 0 saturated carbocycles. The summed E-state index contributed by atoms with van der Waals surface area (Å²) in [4.78, 5) is 23.9. The van der Waals surface area contributed by atoms with Crippen LogP contribution >= 0.6 is 11.6 Å². The molecule has 1 unspecified atom stereocenters. The number of hydrogen-bond donors (Lipinski definition) is 2. The van der Waals surface area contributed by atoms with Gasteiger partial charge in [0.05, 0.1) is 0 Å². The maximum absolute atomic E-state index is 12.0. The molecule has 1 heterocycles. The Morgan fingerprint density at radius 3 is 2.19 bits per heavy atom. The molecular formula is C17H15ClN2O5S. The summed E-state index contributed by atoms with van der Waals surface area (Å²) in [6.07, 6.45) is 0. The highest BCUT2D eigenvalue weighted by Gasteiger charge is 2.16. The van der Waals surface area contributed by atoms with E-state index in [0.29, 0.717) is 27.9 Å². The van der Waals surface area contributed by atoms with Gasteiger partial charge in [-0.2, -0.15) is 0 Å². The molecule has 0 saturated heterocycles.